The summed E-state index contributed by atoms with van der Waals surface area (Å²) in [7, 11) is 3.06. The van der Waals surface area contributed by atoms with E-state index in [1.54, 1.807) is 25.0 Å². The molecule has 0 fully saturated rings. The lowest BCUT2D eigenvalue weighted by molar-refractivity contribution is 0.0634. The number of hydrogen-bond acceptors (Lipinski definition) is 4. The fraction of sp³-hybridized carbons (Fsp3) is 0.500. The van der Waals surface area contributed by atoms with Gasteiger partial charge in [-0.15, -0.1) is 0 Å². The zero-order valence-electron chi connectivity index (χ0n) is 12.6. The van der Waals surface area contributed by atoms with Gasteiger partial charge in [-0.25, -0.2) is 8.42 Å². The van der Waals surface area contributed by atoms with Crippen molar-refractivity contribution in [3.05, 3.63) is 29.3 Å². The van der Waals surface area contributed by atoms with Gasteiger partial charge in [0.2, 0.25) is 0 Å². The third-order valence-corrected chi connectivity index (χ3v) is 4.33. The smallest absolute Gasteiger partial charge is 0.261 e. The molecule has 1 aromatic carbocycles. The van der Waals surface area contributed by atoms with Gasteiger partial charge in [0.15, 0.2) is 0 Å². The lowest BCUT2D eigenvalue weighted by Gasteiger charge is -2.26. The van der Waals surface area contributed by atoms with E-state index in [0.29, 0.717) is 24.3 Å². The first-order valence-corrected chi connectivity index (χ1v) is 8.84. The van der Waals surface area contributed by atoms with Crippen LogP contribution in [-0.2, 0) is 13.8 Å². The van der Waals surface area contributed by atoms with Crippen molar-refractivity contribution in [3.8, 4) is 0 Å². The summed E-state index contributed by atoms with van der Waals surface area (Å²) in [5.41, 5.74) is 0.967. The zero-order valence-corrected chi connectivity index (χ0v) is 14.2. The molecule has 118 valence electrons. The van der Waals surface area contributed by atoms with Gasteiger partial charge in [-0.2, -0.15) is 0 Å². The van der Waals surface area contributed by atoms with Gasteiger partial charge in [-0.3, -0.25) is 4.79 Å². The van der Waals surface area contributed by atoms with Gasteiger partial charge in [0.25, 0.3) is 15.0 Å². The number of carbonyl (C=O) groups excluding carboxylic acids is 1. The van der Waals surface area contributed by atoms with E-state index in [1.807, 2.05) is 13.8 Å². The molecular weight excluding hydrogens is 314 g/mol. The van der Waals surface area contributed by atoms with Crippen LogP contribution in [0.3, 0.4) is 0 Å². The summed E-state index contributed by atoms with van der Waals surface area (Å²) < 4.78 is 27.9. The fourth-order valence-electron chi connectivity index (χ4n) is 1.96. The van der Waals surface area contributed by atoms with E-state index < -0.39 is 9.05 Å². The maximum atomic E-state index is 12.6. The minimum absolute atomic E-state index is 0.0239. The van der Waals surface area contributed by atoms with Crippen molar-refractivity contribution in [2.75, 3.05) is 20.3 Å². The topological polar surface area (TPSA) is 63.7 Å². The number of hydrogen-bond donors (Lipinski definition) is 0. The highest BCUT2D eigenvalue weighted by molar-refractivity contribution is 8.13. The second-order valence-corrected chi connectivity index (χ2v) is 7.62. The van der Waals surface area contributed by atoms with Crippen LogP contribution < -0.4 is 0 Å². The predicted octanol–water partition coefficient (Wildman–Crippen LogP) is 2.42. The summed E-state index contributed by atoms with van der Waals surface area (Å²) >= 11 is 0. The summed E-state index contributed by atoms with van der Waals surface area (Å²) in [4.78, 5) is 14.1. The molecule has 0 radical (unpaired) electrons. The third-order valence-electron chi connectivity index (χ3n) is 3.00. The summed E-state index contributed by atoms with van der Waals surface area (Å²) in [6.45, 7) is 6.35. The quantitative estimate of drug-likeness (QED) is 0.750. The van der Waals surface area contributed by atoms with Crippen molar-refractivity contribution >= 4 is 25.6 Å². The van der Waals surface area contributed by atoms with Crippen LogP contribution in [0.4, 0.5) is 0 Å². The Bertz CT molecular complexity index is 613. The Hall–Kier alpha value is -1.11. The number of carbonyl (C=O) groups is 1. The van der Waals surface area contributed by atoms with Gasteiger partial charge < -0.3 is 9.64 Å². The molecule has 0 aliphatic heterocycles. The molecule has 0 spiro atoms. The Kier molecular flexibility index (Phi) is 6.19. The van der Waals surface area contributed by atoms with Crippen LogP contribution >= 0.6 is 10.7 Å². The number of halogens is 1. The molecule has 1 amide bonds. The number of rotatable bonds is 6. The van der Waals surface area contributed by atoms with Crippen molar-refractivity contribution in [2.24, 2.45) is 0 Å². The first-order chi connectivity index (χ1) is 9.66. The number of aryl methyl sites for hydroxylation is 1. The van der Waals surface area contributed by atoms with Gasteiger partial charge in [0.05, 0.1) is 11.5 Å². The monoisotopic (exact) mass is 333 g/mol. The van der Waals surface area contributed by atoms with Gasteiger partial charge in [-0.05, 0) is 44.5 Å². The summed E-state index contributed by atoms with van der Waals surface area (Å²) in [6.07, 6.45) is 0. The number of nitrogens with zero attached hydrogens (tertiary/aromatic N) is 1. The van der Waals surface area contributed by atoms with E-state index in [2.05, 4.69) is 0 Å². The lowest BCUT2D eigenvalue weighted by atomic mass is 10.1. The highest BCUT2D eigenvalue weighted by atomic mass is 35.7. The molecule has 0 N–H and O–H groups in total. The van der Waals surface area contributed by atoms with Crippen LogP contribution in [0.2, 0.25) is 0 Å². The molecular formula is C14H20ClNO4S. The lowest BCUT2D eigenvalue weighted by Crippen LogP contribution is -2.39. The molecule has 1 aromatic rings. The van der Waals surface area contributed by atoms with Crippen LogP contribution in [0.1, 0.15) is 29.8 Å². The van der Waals surface area contributed by atoms with Gasteiger partial charge in [0, 0.05) is 35.9 Å². The molecule has 7 heteroatoms. The second kappa shape index (κ2) is 7.24. The summed E-state index contributed by atoms with van der Waals surface area (Å²) in [6, 6.07) is 4.37. The first kappa shape index (κ1) is 17.9. The van der Waals surface area contributed by atoms with Gasteiger partial charge in [0.1, 0.15) is 0 Å². The molecule has 0 heterocycles. The van der Waals surface area contributed by atoms with Crippen LogP contribution in [0.5, 0.6) is 0 Å². The van der Waals surface area contributed by atoms with Crippen molar-refractivity contribution in [3.63, 3.8) is 0 Å². The SMILES string of the molecule is COCCN(C(=O)c1cc(C)cc(S(=O)(=O)Cl)c1)C(C)C. The number of ether oxygens (including phenoxy) is 1. The van der Waals surface area contributed by atoms with Gasteiger partial charge >= 0.3 is 0 Å². The Balaban J connectivity index is 3.19. The minimum atomic E-state index is -3.87. The second-order valence-electron chi connectivity index (χ2n) is 5.06. The van der Waals surface area contributed by atoms with Crippen LogP contribution in [-0.4, -0.2) is 45.5 Å². The highest BCUT2D eigenvalue weighted by Gasteiger charge is 2.21. The van der Waals surface area contributed by atoms with E-state index in [4.69, 9.17) is 15.4 Å². The van der Waals surface area contributed by atoms with E-state index >= 15 is 0 Å². The van der Waals surface area contributed by atoms with Crippen molar-refractivity contribution in [1.29, 1.82) is 0 Å². The molecule has 0 aliphatic carbocycles. The molecule has 0 saturated heterocycles. The van der Waals surface area contributed by atoms with E-state index in [9.17, 15) is 13.2 Å². The molecule has 0 unspecified atom stereocenters. The number of methoxy groups -OCH3 is 1. The Morgan fingerprint density at radius 1 is 1.33 bits per heavy atom. The van der Waals surface area contributed by atoms with E-state index in [1.165, 1.54) is 12.1 Å². The van der Waals surface area contributed by atoms with E-state index in [0.717, 1.165) is 0 Å². The van der Waals surface area contributed by atoms with Crippen LogP contribution in [0.15, 0.2) is 23.1 Å². The largest absolute Gasteiger partial charge is 0.383 e. The van der Waals surface area contributed by atoms with Crippen molar-refractivity contribution in [1.82, 2.24) is 4.90 Å². The number of benzene rings is 1. The average Bonchev–Trinajstić information content (AvgIpc) is 2.36. The molecule has 0 saturated carbocycles. The third kappa shape index (κ3) is 4.98. The zero-order chi connectivity index (χ0) is 16.2. The van der Waals surface area contributed by atoms with Gasteiger partial charge in [-0.1, -0.05) is 0 Å². The normalized spacial score (nSPS) is 11.7. The first-order valence-electron chi connectivity index (χ1n) is 6.53. The Labute approximate surface area is 130 Å². The van der Waals surface area contributed by atoms with E-state index in [-0.39, 0.29) is 16.8 Å². The fourth-order valence-corrected chi connectivity index (χ4v) is 2.82. The summed E-state index contributed by atoms with van der Waals surface area (Å²) in [5.74, 6) is -0.243. The molecule has 0 aromatic heterocycles. The molecule has 5 nitrogen and oxygen atoms in total. The Morgan fingerprint density at radius 2 is 1.95 bits per heavy atom. The predicted molar refractivity (Wildman–Crippen MR) is 82.3 cm³/mol. The molecule has 0 aliphatic rings. The molecule has 21 heavy (non-hydrogen) atoms. The van der Waals surface area contributed by atoms with Crippen molar-refractivity contribution < 1.29 is 17.9 Å². The van der Waals surface area contributed by atoms with Crippen molar-refractivity contribution in [2.45, 2.75) is 31.7 Å². The maximum absolute atomic E-state index is 12.6. The minimum Gasteiger partial charge on any atom is -0.383 e. The van der Waals surface area contributed by atoms with Crippen LogP contribution in [0.25, 0.3) is 0 Å². The molecule has 0 bridgehead atoms. The molecule has 0 atom stereocenters. The standard InChI is InChI=1S/C14H20ClNO4S/c1-10(2)16(5-6-20-4)14(17)12-7-11(3)8-13(9-12)21(15,18)19/h7-10H,5-6H2,1-4H3. The summed E-state index contributed by atoms with van der Waals surface area (Å²) in [5, 5.41) is 0. The molecule has 1 rings (SSSR count). The van der Waals surface area contributed by atoms with Crippen LogP contribution in [0, 0.1) is 6.92 Å². The average molecular weight is 334 g/mol. The Morgan fingerprint density at radius 3 is 2.43 bits per heavy atom. The maximum Gasteiger partial charge on any atom is 0.261 e. The number of amides is 1. The highest BCUT2D eigenvalue weighted by Crippen LogP contribution is 2.20.